The summed E-state index contributed by atoms with van der Waals surface area (Å²) in [7, 11) is 1.67. The number of ether oxygens (including phenoxy) is 1. The molecule has 2 rings (SSSR count). The number of carbonyl (C=O) groups is 1. The third kappa shape index (κ3) is 4.05. The van der Waals surface area contributed by atoms with E-state index in [4.69, 9.17) is 4.74 Å². The minimum absolute atomic E-state index is 0.0887. The van der Waals surface area contributed by atoms with Crippen molar-refractivity contribution in [3.05, 3.63) is 29.8 Å². The molecule has 4 heteroatoms. The van der Waals surface area contributed by atoms with E-state index >= 15 is 0 Å². The summed E-state index contributed by atoms with van der Waals surface area (Å²) in [4.78, 5) is 12.6. The van der Waals surface area contributed by atoms with Crippen LogP contribution in [0.2, 0.25) is 0 Å². The second-order valence-corrected chi connectivity index (χ2v) is 6.35. The SMILES string of the molecule is COCc1cccc(NC(=O)C(C)(C)C2CCCNC2)c1. The molecule has 0 saturated carbocycles. The van der Waals surface area contributed by atoms with Gasteiger partial charge in [0.1, 0.15) is 0 Å². The number of nitrogens with one attached hydrogen (secondary N) is 2. The van der Waals surface area contributed by atoms with Crippen LogP contribution in [0.25, 0.3) is 0 Å². The molecule has 1 aromatic carbocycles. The van der Waals surface area contributed by atoms with Gasteiger partial charge in [-0.2, -0.15) is 0 Å². The quantitative estimate of drug-likeness (QED) is 0.876. The lowest BCUT2D eigenvalue weighted by Crippen LogP contribution is -2.44. The van der Waals surface area contributed by atoms with Crippen LogP contribution in [0.4, 0.5) is 5.69 Å². The van der Waals surface area contributed by atoms with Crippen molar-refractivity contribution in [3.63, 3.8) is 0 Å². The minimum atomic E-state index is -0.370. The maximum atomic E-state index is 12.6. The molecule has 0 spiro atoms. The van der Waals surface area contributed by atoms with Crippen LogP contribution in [-0.2, 0) is 16.1 Å². The number of anilines is 1. The number of amides is 1. The Labute approximate surface area is 127 Å². The predicted octanol–water partition coefficient (Wildman–Crippen LogP) is 2.80. The van der Waals surface area contributed by atoms with Crippen molar-refractivity contribution in [2.75, 3.05) is 25.5 Å². The summed E-state index contributed by atoms with van der Waals surface area (Å²) in [6.45, 7) is 6.62. The van der Waals surface area contributed by atoms with Gasteiger partial charge in [-0.1, -0.05) is 26.0 Å². The molecule has 1 aliphatic heterocycles. The Kier molecular flexibility index (Phi) is 5.37. The lowest BCUT2D eigenvalue weighted by atomic mass is 9.74. The summed E-state index contributed by atoms with van der Waals surface area (Å²) in [5.74, 6) is 0.471. The summed E-state index contributed by atoms with van der Waals surface area (Å²) in [6, 6.07) is 7.83. The highest BCUT2D eigenvalue weighted by atomic mass is 16.5. The van der Waals surface area contributed by atoms with Crippen LogP contribution in [0, 0.1) is 11.3 Å². The molecule has 2 N–H and O–H groups in total. The van der Waals surface area contributed by atoms with Gasteiger partial charge in [0.25, 0.3) is 0 Å². The summed E-state index contributed by atoms with van der Waals surface area (Å²) >= 11 is 0. The van der Waals surface area contributed by atoms with E-state index in [-0.39, 0.29) is 11.3 Å². The number of rotatable bonds is 5. The van der Waals surface area contributed by atoms with E-state index < -0.39 is 0 Å². The average molecular weight is 290 g/mol. The average Bonchev–Trinajstić information content (AvgIpc) is 2.49. The van der Waals surface area contributed by atoms with Gasteiger partial charge in [0.05, 0.1) is 6.61 Å². The molecular formula is C17H26N2O2. The molecule has 0 aromatic heterocycles. The Morgan fingerprint density at radius 2 is 2.29 bits per heavy atom. The fraction of sp³-hybridized carbons (Fsp3) is 0.588. The zero-order chi connectivity index (χ0) is 15.3. The van der Waals surface area contributed by atoms with E-state index in [1.165, 1.54) is 0 Å². The number of benzene rings is 1. The van der Waals surface area contributed by atoms with Crippen LogP contribution in [0.5, 0.6) is 0 Å². The standard InChI is InChI=1S/C17H26N2O2/c1-17(2,14-7-5-9-18-11-14)16(20)19-15-8-4-6-13(10-15)12-21-3/h4,6,8,10,14,18H,5,7,9,11-12H2,1-3H3,(H,19,20). The van der Waals surface area contributed by atoms with Crippen molar-refractivity contribution in [3.8, 4) is 0 Å². The van der Waals surface area contributed by atoms with E-state index in [2.05, 4.69) is 10.6 Å². The number of carbonyl (C=O) groups excluding carboxylic acids is 1. The first kappa shape index (κ1) is 16.0. The highest BCUT2D eigenvalue weighted by Gasteiger charge is 2.37. The fourth-order valence-corrected chi connectivity index (χ4v) is 2.85. The predicted molar refractivity (Wildman–Crippen MR) is 85.2 cm³/mol. The Balaban J connectivity index is 2.03. The van der Waals surface area contributed by atoms with Gasteiger partial charge in [-0.05, 0) is 49.5 Å². The molecule has 0 radical (unpaired) electrons. The maximum absolute atomic E-state index is 12.6. The fourth-order valence-electron chi connectivity index (χ4n) is 2.85. The first-order valence-electron chi connectivity index (χ1n) is 7.64. The molecule has 1 unspecified atom stereocenters. The van der Waals surface area contributed by atoms with Crippen molar-refractivity contribution >= 4 is 11.6 Å². The van der Waals surface area contributed by atoms with Crippen LogP contribution in [0.15, 0.2) is 24.3 Å². The molecule has 0 bridgehead atoms. The largest absolute Gasteiger partial charge is 0.380 e. The van der Waals surface area contributed by atoms with Crippen LogP contribution >= 0.6 is 0 Å². The monoisotopic (exact) mass is 290 g/mol. The highest BCUT2D eigenvalue weighted by molar-refractivity contribution is 5.95. The van der Waals surface area contributed by atoms with Crippen LogP contribution in [0.1, 0.15) is 32.3 Å². The van der Waals surface area contributed by atoms with Gasteiger partial charge in [-0.3, -0.25) is 4.79 Å². The zero-order valence-corrected chi connectivity index (χ0v) is 13.2. The van der Waals surface area contributed by atoms with Crippen molar-refractivity contribution in [1.82, 2.24) is 5.32 Å². The second-order valence-electron chi connectivity index (χ2n) is 6.35. The van der Waals surface area contributed by atoms with Gasteiger partial charge in [0.15, 0.2) is 0 Å². The molecule has 1 amide bonds. The molecule has 4 nitrogen and oxygen atoms in total. The topological polar surface area (TPSA) is 50.4 Å². The molecule has 1 atom stereocenters. The van der Waals surface area contributed by atoms with Crippen LogP contribution in [0.3, 0.4) is 0 Å². The smallest absolute Gasteiger partial charge is 0.230 e. The molecule has 1 aliphatic rings. The number of piperidine rings is 1. The van der Waals surface area contributed by atoms with Crippen LogP contribution < -0.4 is 10.6 Å². The zero-order valence-electron chi connectivity index (χ0n) is 13.2. The Bertz CT molecular complexity index is 479. The van der Waals surface area contributed by atoms with E-state index in [0.717, 1.165) is 37.2 Å². The molecule has 1 fully saturated rings. The normalized spacial score (nSPS) is 19.3. The summed E-state index contributed by atoms with van der Waals surface area (Å²) in [6.07, 6.45) is 2.25. The molecular weight excluding hydrogens is 264 g/mol. The number of hydrogen-bond donors (Lipinski definition) is 2. The minimum Gasteiger partial charge on any atom is -0.380 e. The van der Waals surface area contributed by atoms with E-state index in [1.54, 1.807) is 7.11 Å². The Hall–Kier alpha value is -1.39. The summed E-state index contributed by atoms with van der Waals surface area (Å²) in [5, 5.41) is 6.45. The summed E-state index contributed by atoms with van der Waals surface area (Å²) in [5.41, 5.74) is 1.53. The van der Waals surface area contributed by atoms with Gasteiger partial charge in [-0.15, -0.1) is 0 Å². The highest BCUT2D eigenvalue weighted by Crippen LogP contribution is 2.33. The van der Waals surface area contributed by atoms with Crippen LogP contribution in [-0.4, -0.2) is 26.1 Å². The Morgan fingerprint density at radius 3 is 2.95 bits per heavy atom. The van der Waals surface area contributed by atoms with E-state index in [0.29, 0.717) is 12.5 Å². The first-order chi connectivity index (χ1) is 10.0. The van der Waals surface area contributed by atoms with Gasteiger partial charge in [0.2, 0.25) is 5.91 Å². The summed E-state index contributed by atoms with van der Waals surface area (Å²) < 4.78 is 5.13. The van der Waals surface area contributed by atoms with Gasteiger partial charge in [0, 0.05) is 18.2 Å². The van der Waals surface area contributed by atoms with Crippen molar-refractivity contribution in [1.29, 1.82) is 0 Å². The van der Waals surface area contributed by atoms with Gasteiger partial charge in [-0.25, -0.2) is 0 Å². The number of hydrogen-bond acceptors (Lipinski definition) is 3. The third-order valence-electron chi connectivity index (χ3n) is 4.40. The van der Waals surface area contributed by atoms with Gasteiger partial charge < -0.3 is 15.4 Å². The lowest BCUT2D eigenvalue weighted by molar-refractivity contribution is -0.127. The first-order valence-corrected chi connectivity index (χ1v) is 7.64. The molecule has 116 valence electrons. The maximum Gasteiger partial charge on any atom is 0.230 e. The van der Waals surface area contributed by atoms with Crippen molar-refractivity contribution in [2.24, 2.45) is 11.3 Å². The van der Waals surface area contributed by atoms with Crippen molar-refractivity contribution in [2.45, 2.75) is 33.3 Å². The second kappa shape index (κ2) is 7.05. The van der Waals surface area contributed by atoms with E-state index in [1.807, 2.05) is 38.1 Å². The molecule has 1 heterocycles. The number of methoxy groups -OCH3 is 1. The lowest BCUT2D eigenvalue weighted by Gasteiger charge is -2.36. The van der Waals surface area contributed by atoms with Crippen molar-refractivity contribution < 1.29 is 9.53 Å². The molecule has 0 aliphatic carbocycles. The van der Waals surface area contributed by atoms with E-state index in [9.17, 15) is 4.79 Å². The molecule has 1 saturated heterocycles. The molecule has 21 heavy (non-hydrogen) atoms. The van der Waals surface area contributed by atoms with Gasteiger partial charge >= 0.3 is 0 Å². The molecule has 1 aromatic rings. The third-order valence-corrected chi connectivity index (χ3v) is 4.40. The Morgan fingerprint density at radius 1 is 1.48 bits per heavy atom.